The average molecular weight is 420 g/mol. The Morgan fingerprint density at radius 2 is 1.72 bits per heavy atom. The number of hydrogen-bond donors (Lipinski definition) is 2. The van der Waals surface area contributed by atoms with Crippen molar-refractivity contribution in [1.82, 2.24) is 10.2 Å². The van der Waals surface area contributed by atoms with Crippen LogP contribution in [-0.4, -0.2) is 41.9 Å². The van der Waals surface area contributed by atoms with E-state index < -0.39 is 0 Å². The molecule has 2 saturated carbocycles. The normalized spacial score (nSPS) is 31.5. The van der Waals surface area contributed by atoms with Crippen LogP contribution >= 0.6 is 12.4 Å². The lowest BCUT2D eigenvalue weighted by Gasteiger charge is -2.46. The van der Waals surface area contributed by atoms with Gasteiger partial charge >= 0.3 is 0 Å². The summed E-state index contributed by atoms with van der Waals surface area (Å²) >= 11 is 0. The quantitative estimate of drug-likeness (QED) is 0.787. The maximum absolute atomic E-state index is 13.0. The predicted octanol–water partition coefficient (Wildman–Crippen LogP) is 2.91. The number of nitrogens with zero attached hydrogens (tertiary/aromatic N) is 1. The Balaban J connectivity index is 0.00000240. The maximum Gasteiger partial charge on any atom is 0.227 e. The third-order valence-corrected chi connectivity index (χ3v) is 7.03. The summed E-state index contributed by atoms with van der Waals surface area (Å²) in [6.45, 7) is 1.32. The van der Waals surface area contributed by atoms with Gasteiger partial charge in [-0.25, -0.2) is 0 Å². The van der Waals surface area contributed by atoms with Gasteiger partial charge in [0, 0.05) is 25.2 Å². The van der Waals surface area contributed by atoms with Crippen molar-refractivity contribution in [3.8, 4) is 0 Å². The van der Waals surface area contributed by atoms with Crippen molar-refractivity contribution in [3.63, 3.8) is 0 Å². The topological polar surface area (TPSA) is 75.4 Å². The van der Waals surface area contributed by atoms with E-state index in [1.165, 1.54) is 19.3 Å². The number of rotatable bonds is 4. The summed E-state index contributed by atoms with van der Waals surface area (Å²) in [6, 6.07) is 10.4. The minimum absolute atomic E-state index is 0. The van der Waals surface area contributed by atoms with Crippen LogP contribution in [0.15, 0.2) is 30.3 Å². The molecule has 3 N–H and O–H groups in total. The molecule has 4 rings (SSSR count). The Morgan fingerprint density at radius 1 is 1.03 bits per heavy atom. The van der Waals surface area contributed by atoms with Gasteiger partial charge in [0.05, 0.1) is 12.3 Å². The summed E-state index contributed by atoms with van der Waals surface area (Å²) in [5.74, 6) is 1.26. The predicted molar refractivity (Wildman–Crippen MR) is 117 cm³/mol. The summed E-state index contributed by atoms with van der Waals surface area (Å²) in [5, 5.41) is 3.39. The van der Waals surface area contributed by atoms with Gasteiger partial charge in [-0.05, 0) is 55.9 Å². The summed E-state index contributed by atoms with van der Waals surface area (Å²) in [6.07, 6.45) is 7.90. The van der Waals surface area contributed by atoms with Crippen LogP contribution in [0, 0.1) is 17.8 Å². The van der Waals surface area contributed by atoms with Crippen LogP contribution in [0.1, 0.15) is 50.5 Å². The molecule has 3 aliphatic rings. The van der Waals surface area contributed by atoms with E-state index >= 15 is 0 Å². The number of piperidine rings is 1. The van der Waals surface area contributed by atoms with E-state index in [1.807, 2.05) is 35.2 Å². The first-order valence-electron chi connectivity index (χ1n) is 11.0. The largest absolute Gasteiger partial charge is 0.353 e. The van der Waals surface area contributed by atoms with E-state index in [9.17, 15) is 9.59 Å². The molecule has 160 valence electrons. The van der Waals surface area contributed by atoms with Gasteiger partial charge < -0.3 is 16.0 Å². The van der Waals surface area contributed by atoms with E-state index in [2.05, 4.69) is 5.32 Å². The molecule has 3 atom stereocenters. The van der Waals surface area contributed by atoms with Crippen molar-refractivity contribution in [2.75, 3.05) is 13.1 Å². The fourth-order valence-electron chi connectivity index (χ4n) is 5.61. The first kappa shape index (κ1) is 22.1. The molecule has 0 radical (unpaired) electrons. The van der Waals surface area contributed by atoms with E-state index in [1.54, 1.807) is 0 Å². The number of benzene rings is 1. The minimum Gasteiger partial charge on any atom is -0.353 e. The van der Waals surface area contributed by atoms with Crippen molar-refractivity contribution < 1.29 is 9.59 Å². The zero-order valence-electron chi connectivity index (χ0n) is 17.1. The monoisotopic (exact) mass is 419 g/mol. The fourth-order valence-corrected chi connectivity index (χ4v) is 5.61. The average Bonchev–Trinajstić information content (AvgIpc) is 2.69. The highest BCUT2D eigenvalue weighted by atomic mass is 35.5. The molecular formula is C23H34ClN3O2. The van der Waals surface area contributed by atoms with Crippen molar-refractivity contribution in [2.24, 2.45) is 23.5 Å². The molecule has 1 heterocycles. The number of carbonyl (C=O) groups is 2. The first-order chi connectivity index (χ1) is 13.6. The Hall–Kier alpha value is -1.59. The van der Waals surface area contributed by atoms with Gasteiger partial charge in [-0.2, -0.15) is 0 Å². The van der Waals surface area contributed by atoms with Crippen LogP contribution < -0.4 is 11.1 Å². The number of fused-ring (bicyclic) bond motifs is 2. The molecule has 5 nitrogen and oxygen atoms in total. The number of likely N-dealkylation sites (tertiary alicyclic amines) is 1. The van der Waals surface area contributed by atoms with Crippen LogP contribution in [-0.2, 0) is 16.0 Å². The lowest BCUT2D eigenvalue weighted by Crippen LogP contribution is -2.56. The molecule has 2 bridgehead atoms. The highest BCUT2D eigenvalue weighted by Crippen LogP contribution is 2.39. The molecule has 0 aromatic heterocycles. The summed E-state index contributed by atoms with van der Waals surface area (Å²) in [5.41, 5.74) is 7.25. The van der Waals surface area contributed by atoms with Gasteiger partial charge in [-0.3, -0.25) is 9.59 Å². The maximum atomic E-state index is 13.0. The van der Waals surface area contributed by atoms with Gasteiger partial charge in [0.15, 0.2) is 0 Å². The van der Waals surface area contributed by atoms with E-state index in [0.29, 0.717) is 30.8 Å². The van der Waals surface area contributed by atoms with Crippen LogP contribution in [0.25, 0.3) is 0 Å². The van der Waals surface area contributed by atoms with Crippen molar-refractivity contribution in [2.45, 2.75) is 63.5 Å². The second kappa shape index (κ2) is 9.94. The molecule has 0 spiro atoms. The lowest BCUT2D eigenvalue weighted by molar-refractivity contribution is -0.136. The van der Waals surface area contributed by atoms with Gasteiger partial charge in [0.1, 0.15) is 0 Å². The third kappa shape index (κ3) is 5.32. The van der Waals surface area contributed by atoms with E-state index in [0.717, 1.165) is 37.8 Å². The second-order valence-corrected chi connectivity index (χ2v) is 9.06. The second-order valence-electron chi connectivity index (χ2n) is 9.06. The van der Waals surface area contributed by atoms with Crippen molar-refractivity contribution in [1.29, 1.82) is 0 Å². The molecule has 29 heavy (non-hydrogen) atoms. The number of hydrogen-bond acceptors (Lipinski definition) is 3. The molecule has 2 amide bonds. The fraction of sp³-hybridized carbons (Fsp3) is 0.652. The Morgan fingerprint density at radius 3 is 2.41 bits per heavy atom. The van der Waals surface area contributed by atoms with Gasteiger partial charge in [0.2, 0.25) is 11.8 Å². The number of carbonyl (C=O) groups excluding carboxylic acids is 2. The van der Waals surface area contributed by atoms with E-state index in [4.69, 9.17) is 5.73 Å². The molecule has 1 aromatic rings. The lowest BCUT2D eigenvalue weighted by atomic mass is 9.67. The van der Waals surface area contributed by atoms with Crippen LogP contribution in [0.4, 0.5) is 0 Å². The highest BCUT2D eigenvalue weighted by Gasteiger charge is 2.41. The van der Waals surface area contributed by atoms with Crippen LogP contribution in [0.3, 0.4) is 0 Å². The molecule has 3 fully saturated rings. The Bertz CT molecular complexity index is 685. The smallest absolute Gasteiger partial charge is 0.227 e. The highest BCUT2D eigenvalue weighted by molar-refractivity contribution is 5.85. The molecule has 3 unspecified atom stereocenters. The van der Waals surface area contributed by atoms with Gasteiger partial charge in [0.25, 0.3) is 0 Å². The number of halogens is 1. The van der Waals surface area contributed by atoms with E-state index in [-0.39, 0.29) is 36.2 Å². The molecule has 1 aromatic carbocycles. The number of nitrogens with one attached hydrogen (secondary N) is 1. The minimum atomic E-state index is -0.0789. The standard InChI is InChI=1S/C23H33N3O2.ClH/c24-20-13-17-8-4-9-18(14-20)22(17)25-23(28)19-10-5-11-26(15-19)21(27)12-16-6-2-1-3-7-16;/h1-3,6-7,17-20,22H,4-5,8-15,24H2,(H,25,28);1H. The Kier molecular flexibility index (Phi) is 7.58. The molecule has 1 aliphatic heterocycles. The number of nitrogens with two attached hydrogens (primary N) is 1. The molecule has 2 aliphatic carbocycles. The van der Waals surface area contributed by atoms with Crippen molar-refractivity contribution in [3.05, 3.63) is 35.9 Å². The first-order valence-corrected chi connectivity index (χ1v) is 11.0. The van der Waals surface area contributed by atoms with Crippen LogP contribution in [0.5, 0.6) is 0 Å². The number of amides is 2. The molecular weight excluding hydrogens is 386 g/mol. The van der Waals surface area contributed by atoms with Gasteiger partial charge in [-0.15, -0.1) is 12.4 Å². The molecule has 6 heteroatoms. The third-order valence-electron chi connectivity index (χ3n) is 7.03. The van der Waals surface area contributed by atoms with Crippen LogP contribution in [0.2, 0.25) is 0 Å². The molecule has 1 saturated heterocycles. The Labute approximate surface area is 180 Å². The van der Waals surface area contributed by atoms with Gasteiger partial charge in [-0.1, -0.05) is 36.8 Å². The zero-order chi connectivity index (χ0) is 19.5. The summed E-state index contributed by atoms with van der Waals surface area (Å²) < 4.78 is 0. The summed E-state index contributed by atoms with van der Waals surface area (Å²) in [4.78, 5) is 27.6. The zero-order valence-corrected chi connectivity index (χ0v) is 17.9. The van der Waals surface area contributed by atoms with Crippen molar-refractivity contribution >= 4 is 24.2 Å². The SMILES string of the molecule is Cl.NC1CC2CCCC(C1)C2NC(=O)C1CCCN(C(=O)Cc2ccccc2)C1. The summed E-state index contributed by atoms with van der Waals surface area (Å²) in [7, 11) is 0.